The van der Waals surface area contributed by atoms with Crippen molar-refractivity contribution in [2.24, 2.45) is 0 Å². The standard InChI is InChI=1S/C16H13FN4OS/c17-11-5-7-12(8-6-11)18-16(23)21-20-15(22)14-9-10-3-1-2-4-13(10)19-14/h1-9,19H,(H,20,22)(H2,18,21,23). The minimum absolute atomic E-state index is 0.195. The van der Waals surface area contributed by atoms with E-state index < -0.39 is 0 Å². The number of rotatable bonds is 2. The minimum Gasteiger partial charge on any atom is -0.350 e. The lowest BCUT2D eigenvalue weighted by molar-refractivity contribution is 0.0940. The van der Waals surface area contributed by atoms with Gasteiger partial charge in [0.2, 0.25) is 0 Å². The minimum atomic E-state index is -0.343. The zero-order chi connectivity index (χ0) is 16.2. The lowest BCUT2D eigenvalue weighted by atomic mass is 10.2. The first-order valence-electron chi connectivity index (χ1n) is 6.82. The van der Waals surface area contributed by atoms with Gasteiger partial charge in [-0.2, -0.15) is 0 Å². The molecule has 116 valence electrons. The van der Waals surface area contributed by atoms with Crippen molar-refractivity contribution >= 4 is 39.8 Å². The molecule has 0 aliphatic carbocycles. The van der Waals surface area contributed by atoms with Gasteiger partial charge in [-0.25, -0.2) is 4.39 Å². The summed E-state index contributed by atoms with van der Waals surface area (Å²) in [6.07, 6.45) is 0. The van der Waals surface area contributed by atoms with E-state index in [0.717, 1.165) is 10.9 Å². The van der Waals surface area contributed by atoms with Crippen molar-refractivity contribution in [3.63, 3.8) is 0 Å². The number of aromatic nitrogens is 1. The number of anilines is 1. The van der Waals surface area contributed by atoms with Gasteiger partial charge in [-0.1, -0.05) is 18.2 Å². The molecular formula is C16H13FN4OS. The summed E-state index contributed by atoms with van der Waals surface area (Å²) in [6, 6.07) is 15.1. The van der Waals surface area contributed by atoms with Gasteiger partial charge in [-0.15, -0.1) is 0 Å². The number of benzene rings is 2. The van der Waals surface area contributed by atoms with Gasteiger partial charge >= 0.3 is 0 Å². The Kier molecular flexibility index (Phi) is 4.20. The fraction of sp³-hybridized carbons (Fsp3) is 0. The molecule has 2 aromatic carbocycles. The molecule has 0 fully saturated rings. The predicted molar refractivity (Wildman–Crippen MR) is 91.5 cm³/mol. The number of thiocarbonyl (C=S) groups is 1. The van der Waals surface area contributed by atoms with Gasteiger partial charge in [0.1, 0.15) is 11.5 Å². The van der Waals surface area contributed by atoms with Gasteiger partial charge < -0.3 is 10.3 Å². The summed E-state index contributed by atoms with van der Waals surface area (Å²) < 4.78 is 12.8. The van der Waals surface area contributed by atoms with Crippen LogP contribution in [0.5, 0.6) is 0 Å². The van der Waals surface area contributed by atoms with Crippen LogP contribution in [0.4, 0.5) is 10.1 Å². The Morgan fingerprint density at radius 1 is 1.04 bits per heavy atom. The number of hydrogen-bond acceptors (Lipinski definition) is 2. The topological polar surface area (TPSA) is 69.0 Å². The number of aromatic amines is 1. The molecule has 0 aliphatic rings. The molecule has 1 amide bonds. The lowest BCUT2D eigenvalue weighted by Crippen LogP contribution is -2.43. The molecule has 0 saturated carbocycles. The Balaban J connectivity index is 1.57. The zero-order valence-electron chi connectivity index (χ0n) is 11.9. The first-order chi connectivity index (χ1) is 11.1. The fourth-order valence-corrected chi connectivity index (χ4v) is 2.24. The van der Waals surface area contributed by atoms with Crippen LogP contribution in [0.1, 0.15) is 10.5 Å². The quantitative estimate of drug-likeness (QED) is 0.431. The van der Waals surface area contributed by atoms with Gasteiger partial charge in [-0.05, 0) is 48.6 Å². The maximum atomic E-state index is 12.8. The smallest absolute Gasteiger partial charge is 0.286 e. The highest BCUT2D eigenvalue weighted by molar-refractivity contribution is 7.80. The number of amides is 1. The zero-order valence-corrected chi connectivity index (χ0v) is 12.7. The summed E-state index contributed by atoms with van der Waals surface area (Å²) in [5.41, 5.74) is 7.00. The normalized spacial score (nSPS) is 10.3. The third-order valence-electron chi connectivity index (χ3n) is 3.17. The number of carbonyl (C=O) groups is 1. The van der Waals surface area contributed by atoms with Crippen molar-refractivity contribution in [3.8, 4) is 0 Å². The van der Waals surface area contributed by atoms with E-state index in [1.165, 1.54) is 12.1 Å². The molecule has 0 saturated heterocycles. The number of halogens is 1. The third-order valence-corrected chi connectivity index (χ3v) is 3.37. The lowest BCUT2D eigenvalue weighted by Gasteiger charge is -2.11. The van der Waals surface area contributed by atoms with Crippen LogP contribution in [0.15, 0.2) is 54.6 Å². The molecular weight excluding hydrogens is 315 g/mol. The van der Waals surface area contributed by atoms with Crippen LogP contribution in [0.3, 0.4) is 0 Å². The van der Waals surface area contributed by atoms with Crippen LogP contribution < -0.4 is 16.2 Å². The Labute approximate surface area is 136 Å². The molecule has 3 rings (SSSR count). The van der Waals surface area contributed by atoms with Crippen LogP contribution in [-0.4, -0.2) is 16.0 Å². The van der Waals surface area contributed by atoms with Crippen molar-refractivity contribution in [2.45, 2.75) is 0 Å². The number of carbonyl (C=O) groups excluding carboxylic acids is 1. The highest BCUT2D eigenvalue weighted by atomic mass is 32.1. The summed E-state index contributed by atoms with van der Waals surface area (Å²) in [6.45, 7) is 0. The highest BCUT2D eigenvalue weighted by Gasteiger charge is 2.09. The summed E-state index contributed by atoms with van der Waals surface area (Å²) in [7, 11) is 0. The third kappa shape index (κ3) is 3.64. The largest absolute Gasteiger partial charge is 0.350 e. The van der Waals surface area contributed by atoms with Gasteiger partial charge in [0.25, 0.3) is 5.91 Å². The van der Waals surface area contributed by atoms with E-state index in [2.05, 4.69) is 21.2 Å². The maximum Gasteiger partial charge on any atom is 0.286 e. The second kappa shape index (κ2) is 6.45. The number of H-pyrrole nitrogens is 1. The number of para-hydroxylation sites is 1. The summed E-state index contributed by atoms with van der Waals surface area (Å²) in [4.78, 5) is 15.1. The number of hydrazine groups is 1. The van der Waals surface area contributed by atoms with Gasteiger partial charge in [0, 0.05) is 16.6 Å². The van der Waals surface area contributed by atoms with E-state index >= 15 is 0 Å². The molecule has 3 aromatic rings. The number of fused-ring (bicyclic) bond motifs is 1. The van der Waals surface area contributed by atoms with Crippen molar-refractivity contribution in [1.29, 1.82) is 0 Å². The molecule has 0 bridgehead atoms. The second-order valence-electron chi connectivity index (χ2n) is 4.81. The highest BCUT2D eigenvalue weighted by Crippen LogP contribution is 2.14. The average molecular weight is 328 g/mol. The summed E-state index contributed by atoms with van der Waals surface area (Å²) >= 11 is 5.06. The Morgan fingerprint density at radius 3 is 2.52 bits per heavy atom. The van der Waals surface area contributed by atoms with Gasteiger partial charge in [0.05, 0.1) is 0 Å². The molecule has 7 heteroatoms. The molecule has 0 spiro atoms. The fourth-order valence-electron chi connectivity index (χ4n) is 2.07. The van der Waals surface area contributed by atoms with E-state index in [-0.39, 0.29) is 16.8 Å². The van der Waals surface area contributed by atoms with Crippen molar-refractivity contribution < 1.29 is 9.18 Å². The first kappa shape index (κ1) is 15.0. The van der Waals surface area contributed by atoms with Crippen LogP contribution in [-0.2, 0) is 0 Å². The van der Waals surface area contributed by atoms with E-state index in [1.54, 1.807) is 18.2 Å². The summed E-state index contributed by atoms with van der Waals surface area (Å²) in [5, 5.41) is 3.98. The van der Waals surface area contributed by atoms with E-state index in [9.17, 15) is 9.18 Å². The number of nitrogens with one attached hydrogen (secondary N) is 4. The van der Waals surface area contributed by atoms with Gasteiger partial charge in [0.15, 0.2) is 5.11 Å². The molecule has 0 unspecified atom stereocenters. The Morgan fingerprint density at radius 2 is 1.78 bits per heavy atom. The van der Waals surface area contributed by atoms with Crippen molar-refractivity contribution in [2.75, 3.05) is 5.32 Å². The molecule has 5 nitrogen and oxygen atoms in total. The Bertz CT molecular complexity index is 827. The van der Waals surface area contributed by atoms with Crippen molar-refractivity contribution in [1.82, 2.24) is 15.8 Å². The van der Waals surface area contributed by atoms with E-state index in [4.69, 9.17) is 12.2 Å². The van der Waals surface area contributed by atoms with E-state index in [0.29, 0.717) is 11.4 Å². The molecule has 0 radical (unpaired) electrons. The predicted octanol–water partition coefficient (Wildman–Crippen LogP) is 2.94. The monoisotopic (exact) mass is 328 g/mol. The van der Waals surface area contributed by atoms with E-state index in [1.807, 2.05) is 24.3 Å². The first-order valence-corrected chi connectivity index (χ1v) is 7.23. The average Bonchev–Trinajstić information content (AvgIpc) is 2.99. The molecule has 0 aliphatic heterocycles. The molecule has 0 atom stereocenters. The molecule has 1 aromatic heterocycles. The molecule has 23 heavy (non-hydrogen) atoms. The van der Waals surface area contributed by atoms with Crippen LogP contribution in [0, 0.1) is 5.82 Å². The van der Waals surface area contributed by atoms with Crippen LogP contribution in [0.2, 0.25) is 0 Å². The molecule has 4 N–H and O–H groups in total. The van der Waals surface area contributed by atoms with Crippen LogP contribution in [0.25, 0.3) is 10.9 Å². The SMILES string of the molecule is O=C(NNC(=S)Nc1ccc(F)cc1)c1cc2ccccc2[nH]1. The van der Waals surface area contributed by atoms with Crippen LogP contribution >= 0.6 is 12.2 Å². The molecule has 1 heterocycles. The maximum absolute atomic E-state index is 12.8. The Hall–Kier alpha value is -2.93. The van der Waals surface area contributed by atoms with Gasteiger partial charge in [-0.3, -0.25) is 15.6 Å². The van der Waals surface area contributed by atoms with Crippen molar-refractivity contribution in [3.05, 3.63) is 66.1 Å². The summed E-state index contributed by atoms with van der Waals surface area (Å²) in [5.74, 6) is -0.675. The number of hydrogen-bond donors (Lipinski definition) is 4. The second-order valence-corrected chi connectivity index (χ2v) is 5.22.